The molecule has 1 unspecified atom stereocenters. The molecule has 0 aromatic rings. The van der Waals surface area contributed by atoms with Crippen LogP contribution in [0.15, 0.2) is 0 Å². The van der Waals surface area contributed by atoms with Crippen molar-refractivity contribution in [1.82, 2.24) is 10.6 Å². The van der Waals surface area contributed by atoms with E-state index in [1.54, 1.807) is 0 Å². The molecule has 88 valence electrons. The van der Waals surface area contributed by atoms with Crippen molar-refractivity contribution < 1.29 is 4.79 Å². The van der Waals surface area contributed by atoms with E-state index in [9.17, 15) is 4.79 Å². The maximum absolute atomic E-state index is 11.9. The molecule has 0 aromatic carbocycles. The number of hydrogen-bond acceptors (Lipinski definition) is 3. The number of thioether (sulfide) groups is 1. The van der Waals surface area contributed by atoms with Gasteiger partial charge in [0.05, 0.1) is 6.04 Å². The van der Waals surface area contributed by atoms with Crippen LogP contribution in [0.25, 0.3) is 0 Å². The third-order valence-electron chi connectivity index (χ3n) is 3.22. The van der Waals surface area contributed by atoms with Gasteiger partial charge in [-0.3, -0.25) is 4.79 Å². The van der Waals surface area contributed by atoms with Crippen molar-refractivity contribution >= 4 is 17.7 Å². The first-order chi connectivity index (χ1) is 7.11. The highest BCUT2D eigenvalue weighted by molar-refractivity contribution is 7.99. The number of rotatable bonds is 4. The highest BCUT2D eigenvalue weighted by Gasteiger charge is 2.27. The molecule has 1 aliphatic heterocycles. The second-order valence-corrected chi connectivity index (χ2v) is 5.49. The molecule has 1 fully saturated rings. The fourth-order valence-electron chi connectivity index (χ4n) is 1.55. The Kier molecular flexibility index (Phi) is 4.93. The van der Waals surface area contributed by atoms with Crippen LogP contribution in [0.1, 0.15) is 33.6 Å². The molecule has 1 atom stereocenters. The third kappa shape index (κ3) is 3.68. The maximum Gasteiger partial charge on any atom is 0.238 e. The van der Waals surface area contributed by atoms with Crippen LogP contribution >= 0.6 is 11.8 Å². The second-order valence-electron chi connectivity index (χ2n) is 4.34. The average Bonchev–Trinajstić information content (AvgIpc) is 2.30. The van der Waals surface area contributed by atoms with Gasteiger partial charge in [0, 0.05) is 23.6 Å². The molecule has 1 rings (SSSR count). The Bertz CT molecular complexity index is 211. The minimum atomic E-state index is -0.0408. The molecule has 0 saturated carbocycles. The Morgan fingerprint density at radius 3 is 2.67 bits per heavy atom. The summed E-state index contributed by atoms with van der Waals surface area (Å²) in [5.41, 5.74) is -0.0408. The van der Waals surface area contributed by atoms with Gasteiger partial charge in [0.25, 0.3) is 0 Å². The number of carbonyl (C=O) groups is 1. The van der Waals surface area contributed by atoms with Gasteiger partial charge in [0.15, 0.2) is 0 Å². The molecule has 1 amide bonds. The Morgan fingerprint density at radius 1 is 1.53 bits per heavy atom. The van der Waals surface area contributed by atoms with E-state index in [-0.39, 0.29) is 17.5 Å². The van der Waals surface area contributed by atoms with Crippen molar-refractivity contribution in [2.45, 2.75) is 45.2 Å². The van der Waals surface area contributed by atoms with Crippen molar-refractivity contribution in [3.05, 3.63) is 0 Å². The lowest BCUT2D eigenvalue weighted by atomic mass is 9.95. The van der Waals surface area contributed by atoms with Gasteiger partial charge in [0.1, 0.15) is 0 Å². The Labute approximate surface area is 96.8 Å². The van der Waals surface area contributed by atoms with E-state index in [1.807, 2.05) is 11.8 Å². The van der Waals surface area contributed by atoms with E-state index < -0.39 is 0 Å². The average molecular weight is 230 g/mol. The van der Waals surface area contributed by atoms with Crippen molar-refractivity contribution in [3.63, 3.8) is 0 Å². The first kappa shape index (κ1) is 12.8. The fourth-order valence-corrected chi connectivity index (χ4v) is 2.48. The first-order valence-corrected chi connectivity index (χ1v) is 6.90. The van der Waals surface area contributed by atoms with Gasteiger partial charge in [-0.25, -0.2) is 0 Å². The standard InChI is InChI=1S/C11H22N2OS/c1-4-11(3,5-2)13-10(14)9-8-15-7-6-12-9/h9,12H,4-8H2,1-3H3,(H,13,14). The van der Waals surface area contributed by atoms with E-state index in [4.69, 9.17) is 0 Å². The van der Waals surface area contributed by atoms with Crippen molar-refractivity contribution in [2.24, 2.45) is 0 Å². The van der Waals surface area contributed by atoms with E-state index in [0.717, 1.165) is 30.9 Å². The van der Waals surface area contributed by atoms with Crippen molar-refractivity contribution in [3.8, 4) is 0 Å². The zero-order valence-corrected chi connectivity index (χ0v) is 10.7. The van der Waals surface area contributed by atoms with Crippen LogP contribution in [0, 0.1) is 0 Å². The lowest BCUT2D eigenvalue weighted by Crippen LogP contribution is -2.55. The van der Waals surface area contributed by atoms with Gasteiger partial charge < -0.3 is 10.6 Å². The van der Waals surface area contributed by atoms with E-state index in [2.05, 4.69) is 31.4 Å². The minimum absolute atomic E-state index is 0.00109. The minimum Gasteiger partial charge on any atom is -0.350 e. The van der Waals surface area contributed by atoms with Gasteiger partial charge in [-0.05, 0) is 19.8 Å². The van der Waals surface area contributed by atoms with Gasteiger partial charge >= 0.3 is 0 Å². The summed E-state index contributed by atoms with van der Waals surface area (Å²) in [5.74, 6) is 2.17. The van der Waals surface area contributed by atoms with Crippen LogP contribution in [0.3, 0.4) is 0 Å². The Morgan fingerprint density at radius 2 is 2.20 bits per heavy atom. The van der Waals surface area contributed by atoms with Gasteiger partial charge in [-0.2, -0.15) is 11.8 Å². The third-order valence-corrected chi connectivity index (χ3v) is 4.29. The Balaban J connectivity index is 2.46. The van der Waals surface area contributed by atoms with Crippen LogP contribution in [0.5, 0.6) is 0 Å². The van der Waals surface area contributed by atoms with E-state index in [1.165, 1.54) is 0 Å². The monoisotopic (exact) mass is 230 g/mol. The quantitative estimate of drug-likeness (QED) is 0.767. The van der Waals surface area contributed by atoms with E-state index in [0.29, 0.717) is 0 Å². The molecule has 0 bridgehead atoms. The first-order valence-electron chi connectivity index (χ1n) is 5.74. The molecule has 0 aliphatic carbocycles. The van der Waals surface area contributed by atoms with Crippen LogP contribution < -0.4 is 10.6 Å². The molecular weight excluding hydrogens is 208 g/mol. The molecule has 1 heterocycles. The van der Waals surface area contributed by atoms with Crippen LogP contribution in [-0.4, -0.2) is 35.5 Å². The lowest BCUT2D eigenvalue weighted by molar-refractivity contribution is -0.124. The maximum atomic E-state index is 11.9. The molecule has 3 nitrogen and oxygen atoms in total. The predicted molar refractivity (Wildman–Crippen MR) is 66.2 cm³/mol. The number of carbonyl (C=O) groups excluding carboxylic acids is 1. The highest BCUT2D eigenvalue weighted by Crippen LogP contribution is 2.15. The molecule has 2 N–H and O–H groups in total. The predicted octanol–water partition coefficient (Wildman–Crippen LogP) is 1.39. The summed E-state index contributed by atoms with van der Waals surface area (Å²) in [6, 6.07) is 0.00109. The SMILES string of the molecule is CCC(C)(CC)NC(=O)C1CSCCN1. The molecule has 15 heavy (non-hydrogen) atoms. The normalized spacial score (nSPS) is 22.5. The molecule has 1 saturated heterocycles. The molecule has 4 heteroatoms. The van der Waals surface area contributed by atoms with Crippen LogP contribution in [-0.2, 0) is 4.79 Å². The van der Waals surface area contributed by atoms with E-state index >= 15 is 0 Å². The lowest BCUT2D eigenvalue weighted by Gasteiger charge is -2.31. The summed E-state index contributed by atoms with van der Waals surface area (Å²) in [6.45, 7) is 7.29. The number of amides is 1. The van der Waals surface area contributed by atoms with Crippen LogP contribution in [0.4, 0.5) is 0 Å². The zero-order chi connectivity index (χ0) is 11.3. The highest BCUT2D eigenvalue weighted by atomic mass is 32.2. The summed E-state index contributed by atoms with van der Waals surface area (Å²) in [4.78, 5) is 11.9. The molecule has 1 aliphatic rings. The Hall–Kier alpha value is -0.220. The second kappa shape index (κ2) is 5.75. The van der Waals surface area contributed by atoms with Gasteiger partial charge in [-0.1, -0.05) is 13.8 Å². The number of hydrogen-bond donors (Lipinski definition) is 2. The zero-order valence-electron chi connectivity index (χ0n) is 9.93. The summed E-state index contributed by atoms with van der Waals surface area (Å²) >= 11 is 1.85. The molecule has 0 aromatic heterocycles. The van der Waals surface area contributed by atoms with Crippen molar-refractivity contribution in [2.75, 3.05) is 18.1 Å². The molecule has 0 spiro atoms. The molecular formula is C11H22N2OS. The largest absolute Gasteiger partial charge is 0.350 e. The van der Waals surface area contributed by atoms with Gasteiger partial charge in [0.2, 0.25) is 5.91 Å². The summed E-state index contributed by atoms with van der Waals surface area (Å²) < 4.78 is 0. The molecule has 0 radical (unpaired) electrons. The fraction of sp³-hybridized carbons (Fsp3) is 0.909. The summed E-state index contributed by atoms with van der Waals surface area (Å²) in [5, 5.41) is 6.40. The topological polar surface area (TPSA) is 41.1 Å². The smallest absolute Gasteiger partial charge is 0.238 e. The summed E-state index contributed by atoms with van der Waals surface area (Å²) in [6.07, 6.45) is 1.96. The summed E-state index contributed by atoms with van der Waals surface area (Å²) in [7, 11) is 0. The van der Waals surface area contributed by atoms with Crippen molar-refractivity contribution in [1.29, 1.82) is 0 Å². The van der Waals surface area contributed by atoms with Gasteiger partial charge in [-0.15, -0.1) is 0 Å². The number of nitrogens with one attached hydrogen (secondary N) is 2. The van der Waals surface area contributed by atoms with Crippen LogP contribution in [0.2, 0.25) is 0 Å².